The van der Waals surface area contributed by atoms with Crippen molar-refractivity contribution in [2.45, 2.75) is 11.1 Å². The van der Waals surface area contributed by atoms with E-state index in [2.05, 4.69) is 5.10 Å². The number of sulfone groups is 1. The van der Waals surface area contributed by atoms with Gasteiger partial charge in [0.1, 0.15) is 16.4 Å². The molecule has 0 aliphatic rings. The number of nitrogens with zero attached hydrogens (tertiary/aromatic N) is 2. The maximum Gasteiger partial charge on any atom is 0.416 e. The number of rotatable bonds is 2. The molecule has 0 amide bonds. The van der Waals surface area contributed by atoms with Gasteiger partial charge in [-0.2, -0.15) is 18.3 Å². The van der Waals surface area contributed by atoms with E-state index in [9.17, 15) is 21.6 Å². The van der Waals surface area contributed by atoms with Crippen LogP contribution in [0.5, 0.6) is 0 Å². The molecule has 2 rings (SSSR count). The predicted molar refractivity (Wildman–Crippen MR) is 76.1 cm³/mol. The van der Waals surface area contributed by atoms with Crippen molar-refractivity contribution in [3.8, 4) is 5.69 Å². The van der Waals surface area contributed by atoms with Gasteiger partial charge >= 0.3 is 6.18 Å². The van der Waals surface area contributed by atoms with Crippen LogP contribution in [0.2, 0.25) is 10.0 Å². The van der Waals surface area contributed by atoms with E-state index >= 15 is 0 Å². The summed E-state index contributed by atoms with van der Waals surface area (Å²) in [6.45, 7) is 0. The molecule has 2 aromatic rings. The van der Waals surface area contributed by atoms with Crippen molar-refractivity contribution >= 4 is 38.9 Å². The molecule has 2 N–H and O–H groups in total. The fraction of sp³-hybridized carbons (Fsp3) is 0.182. The molecule has 0 radical (unpaired) electrons. The van der Waals surface area contributed by atoms with Crippen LogP contribution in [0.15, 0.2) is 23.2 Å². The second-order valence-corrected chi connectivity index (χ2v) is 7.16. The van der Waals surface area contributed by atoms with Gasteiger partial charge in [0.15, 0.2) is 9.84 Å². The third-order valence-corrected chi connectivity index (χ3v) is 4.42. The Morgan fingerprint density at radius 3 is 2.09 bits per heavy atom. The first-order valence-electron chi connectivity index (χ1n) is 5.53. The molecule has 0 saturated carbocycles. The number of halogens is 5. The highest BCUT2D eigenvalue weighted by atomic mass is 35.5. The first kappa shape index (κ1) is 16.9. The fourth-order valence-corrected chi connectivity index (χ4v) is 3.09. The van der Waals surface area contributed by atoms with Crippen LogP contribution in [0.3, 0.4) is 0 Å². The highest BCUT2D eigenvalue weighted by molar-refractivity contribution is 7.90. The van der Waals surface area contributed by atoms with Crippen LogP contribution in [0.1, 0.15) is 5.56 Å². The van der Waals surface area contributed by atoms with Crippen molar-refractivity contribution in [2.75, 3.05) is 12.0 Å². The second kappa shape index (κ2) is 5.32. The average Bonchev–Trinajstić information content (AvgIpc) is 2.69. The lowest BCUT2D eigenvalue weighted by molar-refractivity contribution is -0.137. The Morgan fingerprint density at radius 1 is 1.23 bits per heavy atom. The van der Waals surface area contributed by atoms with Crippen LogP contribution in [0, 0.1) is 0 Å². The Balaban J connectivity index is 2.68. The van der Waals surface area contributed by atoms with Gasteiger partial charge < -0.3 is 5.73 Å². The van der Waals surface area contributed by atoms with E-state index < -0.39 is 21.6 Å². The topological polar surface area (TPSA) is 78.0 Å². The van der Waals surface area contributed by atoms with Crippen molar-refractivity contribution in [1.82, 2.24) is 9.78 Å². The van der Waals surface area contributed by atoms with Gasteiger partial charge in [-0.05, 0) is 12.1 Å². The SMILES string of the molecule is CS(=O)(=O)c1cnn(-c2c(Cl)cc(C(F)(F)F)cc2Cl)c1N. The van der Waals surface area contributed by atoms with Gasteiger partial charge in [-0.25, -0.2) is 13.1 Å². The predicted octanol–water partition coefficient (Wildman–Crippen LogP) is 3.18. The summed E-state index contributed by atoms with van der Waals surface area (Å²) in [6, 6.07) is 1.31. The normalized spacial score (nSPS) is 12.6. The van der Waals surface area contributed by atoms with Crippen LogP contribution >= 0.6 is 23.2 Å². The van der Waals surface area contributed by atoms with E-state index in [1.165, 1.54) is 0 Å². The highest BCUT2D eigenvalue weighted by Gasteiger charge is 2.32. The minimum Gasteiger partial charge on any atom is -0.382 e. The van der Waals surface area contributed by atoms with Crippen molar-refractivity contribution < 1.29 is 21.6 Å². The molecule has 22 heavy (non-hydrogen) atoms. The molecule has 5 nitrogen and oxygen atoms in total. The molecule has 0 unspecified atom stereocenters. The standard InChI is InChI=1S/C11H8Cl2F3N3O2S/c1-22(20,21)8-4-18-19(10(8)17)9-6(12)2-5(3-7(9)13)11(14,15)16/h2-4H,17H2,1H3. The molecule has 1 aromatic carbocycles. The lowest BCUT2D eigenvalue weighted by Gasteiger charge is -2.13. The maximum atomic E-state index is 12.7. The van der Waals surface area contributed by atoms with E-state index in [1.807, 2.05) is 0 Å². The average molecular weight is 374 g/mol. The largest absolute Gasteiger partial charge is 0.416 e. The second-order valence-electron chi connectivity index (χ2n) is 4.36. The quantitative estimate of drug-likeness (QED) is 0.876. The number of nitrogen functional groups attached to an aromatic ring is 1. The minimum absolute atomic E-state index is 0.135. The zero-order valence-corrected chi connectivity index (χ0v) is 13.1. The number of anilines is 1. The molecular formula is C11H8Cl2F3N3O2S. The summed E-state index contributed by atoms with van der Waals surface area (Å²) in [5, 5.41) is 3.00. The van der Waals surface area contributed by atoms with Gasteiger partial charge in [-0.3, -0.25) is 0 Å². The minimum atomic E-state index is -4.63. The number of hydrogen-bond donors (Lipinski definition) is 1. The van der Waals surface area contributed by atoms with E-state index in [4.69, 9.17) is 28.9 Å². The molecule has 11 heteroatoms. The van der Waals surface area contributed by atoms with Crippen LogP contribution in [0.4, 0.5) is 19.0 Å². The lowest BCUT2D eigenvalue weighted by atomic mass is 10.2. The molecule has 0 aliphatic carbocycles. The molecule has 1 aromatic heterocycles. The number of aromatic nitrogens is 2. The Morgan fingerprint density at radius 2 is 1.73 bits per heavy atom. The van der Waals surface area contributed by atoms with Gasteiger partial charge in [0.2, 0.25) is 0 Å². The summed E-state index contributed by atoms with van der Waals surface area (Å²) in [4.78, 5) is -0.278. The van der Waals surface area contributed by atoms with Crippen LogP contribution < -0.4 is 5.73 Å². The number of benzene rings is 1. The zero-order chi connectivity index (χ0) is 16.9. The first-order chi connectivity index (χ1) is 9.93. The van der Waals surface area contributed by atoms with Gasteiger partial charge in [0, 0.05) is 6.26 Å². The molecule has 0 atom stereocenters. The summed E-state index contributed by atoms with van der Waals surface area (Å²) in [5.74, 6) is -0.300. The van der Waals surface area contributed by atoms with Gasteiger partial charge in [-0.15, -0.1) is 0 Å². The van der Waals surface area contributed by atoms with Crippen LogP contribution in [-0.2, 0) is 16.0 Å². The molecule has 0 spiro atoms. The maximum absolute atomic E-state index is 12.7. The van der Waals surface area contributed by atoms with E-state index in [0.717, 1.165) is 17.1 Å². The molecule has 0 bridgehead atoms. The third-order valence-electron chi connectivity index (χ3n) is 2.73. The van der Waals surface area contributed by atoms with E-state index in [-0.39, 0.29) is 26.4 Å². The Kier molecular flexibility index (Phi) is 4.09. The van der Waals surface area contributed by atoms with Crippen LogP contribution in [0.25, 0.3) is 5.69 Å². The molecule has 0 aliphatic heterocycles. The summed E-state index contributed by atoms with van der Waals surface area (Å²) in [7, 11) is -3.65. The molecular weight excluding hydrogens is 366 g/mol. The van der Waals surface area contributed by atoms with E-state index in [1.54, 1.807) is 0 Å². The number of alkyl halides is 3. The van der Waals surface area contributed by atoms with Crippen molar-refractivity contribution in [3.63, 3.8) is 0 Å². The van der Waals surface area contributed by atoms with E-state index in [0.29, 0.717) is 12.1 Å². The monoisotopic (exact) mass is 373 g/mol. The number of hydrogen-bond acceptors (Lipinski definition) is 4. The molecule has 0 saturated heterocycles. The molecule has 120 valence electrons. The van der Waals surface area contributed by atoms with Gasteiger partial charge in [0.25, 0.3) is 0 Å². The molecule has 0 fully saturated rings. The van der Waals surface area contributed by atoms with Crippen molar-refractivity contribution in [3.05, 3.63) is 33.9 Å². The third kappa shape index (κ3) is 3.01. The summed E-state index contributed by atoms with van der Waals surface area (Å²) < 4.78 is 61.9. The number of nitrogens with two attached hydrogens (primary N) is 1. The van der Waals surface area contributed by atoms with Gasteiger partial charge in [0.05, 0.1) is 21.8 Å². The fourth-order valence-electron chi connectivity index (χ4n) is 1.74. The summed E-state index contributed by atoms with van der Waals surface area (Å²) in [5.41, 5.74) is 4.49. The molecule has 1 heterocycles. The Hall–Kier alpha value is -1.45. The smallest absolute Gasteiger partial charge is 0.382 e. The Labute approximate surface area is 133 Å². The highest BCUT2D eigenvalue weighted by Crippen LogP contribution is 2.38. The first-order valence-corrected chi connectivity index (χ1v) is 8.18. The zero-order valence-electron chi connectivity index (χ0n) is 10.8. The lowest BCUT2D eigenvalue weighted by Crippen LogP contribution is -2.09. The Bertz CT molecular complexity index is 824. The van der Waals surface area contributed by atoms with Crippen molar-refractivity contribution in [1.29, 1.82) is 0 Å². The van der Waals surface area contributed by atoms with Crippen molar-refractivity contribution in [2.24, 2.45) is 0 Å². The van der Waals surface area contributed by atoms with Gasteiger partial charge in [-0.1, -0.05) is 23.2 Å². The van der Waals surface area contributed by atoms with Crippen LogP contribution in [-0.4, -0.2) is 24.5 Å². The summed E-state index contributed by atoms with van der Waals surface area (Å²) >= 11 is 11.6. The summed E-state index contributed by atoms with van der Waals surface area (Å²) in [6.07, 6.45) is -2.74.